The molecule has 0 saturated heterocycles. The first kappa shape index (κ1) is 31.4. The van der Waals surface area contributed by atoms with Crippen molar-refractivity contribution in [3.8, 4) is 0 Å². The zero-order valence-corrected chi connectivity index (χ0v) is 23.8. The molecule has 0 spiro atoms. The Morgan fingerprint density at radius 1 is 1.03 bits per heavy atom. The number of aliphatic hydroxyl groups excluding tert-OH is 1. The minimum atomic E-state index is -1.27. The number of carbonyl (C=O) groups excluding carboxylic acids is 3. The van der Waals surface area contributed by atoms with Crippen LogP contribution in [0.4, 0.5) is 4.79 Å². The summed E-state index contributed by atoms with van der Waals surface area (Å²) in [4.78, 5) is 41.6. The molecule has 0 fully saturated rings. The molecule has 0 heterocycles. The molecular formula is C28H47N3O5. The molecule has 0 aliphatic carbocycles. The zero-order chi connectivity index (χ0) is 27.8. The summed E-state index contributed by atoms with van der Waals surface area (Å²) >= 11 is 0. The summed E-state index contributed by atoms with van der Waals surface area (Å²) in [6, 6.07) is 4.93. The molecule has 0 saturated carbocycles. The molecule has 0 radical (unpaired) electrons. The van der Waals surface area contributed by atoms with Gasteiger partial charge >= 0.3 is 6.09 Å². The number of hydrogen-bond donors (Lipinski definition) is 3. The first-order valence-electron chi connectivity index (χ1n) is 12.8. The molecule has 3 atom stereocenters. The van der Waals surface area contributed by atoms with Crippen molar-refractivity contribution in [1.29, 1.82) is 0 Å². The summed E-state index contributed by atoms with van der Waals surface area (Å²) in [5.74, 6) is -0.472. The molecule has 1 rings (SSSR count). The standard InChI is InChI=1S/C28H47N3O5/c1-18(2)14-15-20(4)31(25(34)22(17-32)29-26(35)36-28(8,9)10)23(24(33)30-27(5,6)7)21-13-11-12-19(3)16-21/h11-13,16,18,20,22-23,32H,14-15,17H2,1-10H3,(H,29,35)(H,30,33). The predicted octanol–water partition coefficient (Wildman–Crippen LogP) is 4.49. The van der Waals surface area contributed by atoms with Gasteiger partial charge in [-0.05, 0) is 79.7 Å². The molecule has 1 aromatic carbocycles. The number of nitrogens with zero attached hydrogens (tertiary/aromatic N) is 1. The van der Waals surface area contributed by atoms with Gasteiger partial charge in [-0.3, -0.25) is 9.59 Å². The van der Waals surface area contributed by atoms with Crippen LogP contribution in [0.5, 0.6) is 0 Å². The van der Waals surface area contributed by atoms with Crippen LogP contribution in [-0.4, -0.2) is 57.7 Å². The van der Waals surface area contributed by atoms with E-state index in [4.69, 9.17) is 4.74 Å². The van der Waals surface area contributed by atoms with Gasteiger partial charge in [-0.15, -0.1) is 0 Å². The highest BCUT2D eigenvalue weighted by atomic mass is 16.6. The summed E-state index contributed by atoms with van der Waals surface area (Å²) in [5.41, 5.74) is 0.318. The van der Waals surface area contributed by atoms with E-state index in [2.05, 4.69) is 24.5 Å². The number of aliphatic hydroxyl groups is 1. The van der Waals surface area contributed by atoms with Crippen molar-refractivity contribution in [2.24, 2.45) is 5.92 Å². The van der Waals surface area contributed by atoms with E-state index >= 15 is 0 Å². The fourth-order valence-corrected chi connectivity index (χ4v) is 3.84. The van der Waals surface area contributed by atoms with Gasteiger partial charge in [-0.1, -0.05) is 43.7 Å². The second-order valence-electron chi connectivity index (χ2n) is 12.0. The third-order valence-electron chi connectivity index (χ3n) is 5.45. The van der Waals surface area contributed by atoms with Crippen molar-refractivity contribution in [3.63, 3.8) is 0 Å². The van der Waals surface area contributed by atoms with Gasteiger partial charge in [0.15, 0.2) is 0 Å². The average molecular weight is 506 g/mol. The van der Waals surface area contributed by atoms with E-state index in [1.807, 2.05) is 58.9 Å². The Morgan fingerprint density at radius 3 is 2.11 bits per heavy atom. The maximum absolute atomic E-state index is 13.9. The Morgan fingerprint density at radius 2 is 1.64 bits per heavy atom. The maximum atomic E-state index is 13.9. The minimum absolute atomic E-state index is 0.327. The average Bonchev–Trinajstić information content (AvgIpc) is 2.70. The fourth-order valence-electron chi connectivity index (χ4n) is 3.84. The summed E-state index contributed by atoms with van der Waals surface area (Å²) in [5, 5.41) is 15.6. The van der Waals surface area contributed by atoms with E-state index in [-0.39, 0.29) is 11.9 Å². The number of alkyl carbamates (subject to hydrolysis) is 1. The Labute approximate surface area is 217 Å². The Kier molecular flexibility index (Phi) is 11.4. The molecule has 0 bridgehead atoms. The van der Waals surface area contributed by atoms with Crippen molar-refractivity contribution in [1.82, 2.24) is 15.5 Å². The van der Waals surface area contributed by atoms with Gasteiger partial charge in [-0.2, -0.15) is 0 Å². The third-order valence-corrected chi connectivity index (χ3v) is 5.45. The van der Waals surface area contributed by atoms with Crippen LogP contribution in [0.25, 0.3) is 0 Å². The Balaban J connectivity index is 3.55. The number of benzene rings is 1. The molecule has 3 amide bonds. The fraction of sp³-hybridized carbons (Fsp3) is 0.679. The van der Waals surface area contributed by atoms with Gasteiger partial charge in [0.2, 0.25) is 11.8 Å². The van der Waals surface area contributed by atoms with Crippen LogP contribution in [0.1, 0.15) is 92.3 Å². The molecule has 3 N–H and O–H groups in total. The number of nitrogens with one attached hydrogen (secondary N) is 2. The van der Waals surface area contributed by atoms with Crippen LogP contribution in [0.15, 0.2) is 24.3 Å². The molecule has 0 aliphatic heterocycles. The molecule has 8 heteroatoms. The van der Waals surface area contributed by atoms with Gasteiger partial charge in [0.1, 0.15) is 17.7 Å². The highest BCUT2D eigenvalue weighted by Crippen LogP contribution is 2.28. The molecule has 0 aromatic heterocycles. The van der Waals surface area contributed by atoms with Crippen molar-refractivity contribution in [2.75, 3.05) is 6.61 Å². The lowest BCUT2D eigenvalue weighted by atomic mass is 9.95. The minimum Gasteiger partial charge on any atom is -0.444 e. The van der Waals surface area contributed by atoms with Crippen LogP contribution in [0.3, 0.4) is 0 Å². The zero-order valence-electron chi connectivity index (χ0n) is 23.8. The van der Waals surface area contributed by atoms with Crippen molar-refractivity contribution in [3.05, 3.63) is 35.4 Å². The van der Waals surface area contributed by atoms with E-state index < -0.39 is 41.8 Å². The number of ether oxygens (including phenoxy) is 1. The molecule has 204 valence electrons. The van der Waals surface area contributed by atoms with Crippen molar-refractivity contribution >= 4 is 17.9 Å². The van der Waals surface area contributed by atoms with Crippen LogP contribution in [0.2, 0.25) is 0 Å². The lowest BCUT2D eigenvalue weighted by Crippen LogP contribution is -2.57. The van der Waals surface area contributed by atoms with E-state index in [0.29, 0.717) is 17.9 Å². The van der Waals surface area contributed by atoms with Gasteiger partial charge in [0.05, 0.1) is 6.61 Å². The van der Waals surface area contributed by atoms with Gasteiger partial charge in [0.25, 0.3) is 0 Å². The molecule has 36 heavy (non-hydrogen) atoms. The highest BCUT2D eigenvalue weighted by molar-refractivity contribution is 5.92. The highest BCUT2D eigenvalue weighted by Gasteiger charge is 2.39. The predicted molar refractivity (Wildman–Crippen MR) is 142 cm³/mol. The number of aryl methyl sites for hydroxylation is 1. The van der Waals surface area contributed by atoms with E-state index in [1.165, 1.54) is 4.90 Å². The van der Waals surface area contributed by atoms with Gasteiger partial charge in [0, 0.05) is 11.6 Å². The van der Waals surface area contributed by atoms with E-state index in [0.717, 1.165) is 12.0 Å². The number of hydrogen-bond acceptors (Lipinski definition) is 5. The molecule has 3 unspecified atom stereocenters. The monoisotopic (exact) mass is 505 g/mol. The first-order chi connectivity index (χ1) is 16.4. The molecule has 0 aliphatic rings. The third kappa shape index (κ3) is 10.6. The quantitative estimate of drug-likeness (QED) is 0.434. The van der Waals surface area contributed by atoms with Crippen LogP contribution in [-0.2, 0) is 14.3 Å². The summed E-state index contributed by atoms with van der Waals surface area (Å²) < 4.78 is 5.30. The lowest BCUT2D eigenvalue weighted by Gasteiger charge is -2.39. The Hall–Kier alpha value is -2.61. The molecular weight excluding hydrogens is 458 g/mol. The maximum Gasteiger partial charge on any atom is 0.408 e. The molecule has 1 aromatic rings. The Bertz CT molecular complexity index is 886. The van der Waals surface area contributed by atoms with Crippen LogP contribution >= 0.6 is 0 Å². The number of rotatable bonds is 10. The first-order valence-corrected chi connectivity index (χ1v) is 12.8. The normalized spacial score (nSPS) is 14.6. The van der Waals surface area contributed by atoms with Crippen LogP contribution in [0, 0.1) is 12.8 Å². The second kappa shape index (κ2) is 13.1. The number of amides is 3. The van der Waals surface area contributed by atoms with Gasteiger partial charge in [-0.25, -0.2) is 4.79 Å². The van der Waals surface area contributed by atoms with E-state index in [9.17, 15) is 19.5 Å². The lowest BCUT2D eigenvalue weighted by molar-refractivity contribution is -0.146. The largest absolute Gasteiger partial charge is 0.444 e. The summed E-state index contributed by atoms with van der Waals surface area (Å²) in [6.45, 7) is 18.2. The second-order valence-corrected chi connectivity index (χ2v) is 12.0. The molecule has 8 nitrogen and oxygen atoms in total. The SMILES string of the molecule is Cc1cccc(C(C(=O)NC(C)(C)C)N(C(=O)C(CO)NC(=O)OC(C)(C)C)C(C)CCC(C)C)c1. The van der Waals surface area contributed by atoms with Gasteiger partial charge < -0.3 is 25.4 Å². The van der Waals surface area contributed by atoms with Crippen LogP contribution < -0.4 is 10.6 Å². The smallest absolute Gasteiger partial charge is 0.408 e. The van der Waals surface area contributed by atoms with Crippen molar-refractivity contribution < 1.29 is 24.2 Å². The van der Waals surface area contributed by atoms with Crippen molar-refractivity contribution in [2.45, 2.75) is 111 Å². The topological polar surface area (TPSA) is 108 Å². The van der Waals surface area contributed by atoms with E-state index in [1.54, 1.807) is 20.8 Å². The summed E-state index contributed by atoms with van der Waals surface area (Å²) in [7, 11) is 0. The number of carbonyl (C=O) groups is 3. The summed E-state index contributed by atoms with van der Waals surface area (Å²) in [6.07, 6.45) is 0.685.